The molecule has 1 heterocycles. The Labute approximate surface area is 121 Å². The van der Waals surface area contributed by atoms with Gasteiger partial charge in [0.2, 0.25) is 0 Å². The van der Waals surface area contributed by atoms with Crippen molar-refractivity contribution in [3.63, 3.8) is 0 Å². The monoisotopic (exact) mass is 326 g/mol. The molecule has 0 bridgehead atoms. The standard InChI is InChI=1S/C14H19BrN2O2/c1-10-7-16-12(6-14(18)19)9-17(8-10)13-4-2-3-11(15)5-13/h2-5,10,12,16H,6-9H2,1H3,(H,18,19). The molecule has 0 aromatic heterocycles. The fraction of sp³-hybridized carbons (Fsp3) is 0.500. The Morgan fingerprint density at radius 3 is 3.00 bits per heavy atom. The average Bonchev–Trinajstić information content (AvgIpc) is 2.51. The van der Waals surface area contributed by atoms with Crippen molar-refractivity contribution in [1.29, 1.82) is 0 Å². The number of carboxylic acids is 1. The largest absolute Gasteiger partial charge is 0.481 e. The van der Waals surface area contributed by atoms with E-state index in [4.69, 9.17) is 5.11 Å². The summed E-state index contributed by atoms with van der Waals surface area (Å²) in [5.74, 6) is -0.251. The van der Waals surface area contributed by atoms with Gasteiger partial charge < -0.3 is 15.3 Å². The lowest BCUT2D eigenvalue weighted by atomic mass is 10.1. The molecular weight excluding hydrogens is 308 g/mol. The maximum absolute atomic E-state index is 10.9. The molecule has 0 amide bonds. The zero-order chi connectivity index (χ0) is 13.8. The summed E-state index contributed by atoms with van der Waals surface area (Å²) in [5.41, 5.74) is 1.14. The van der Waals surface area contributed by atoms with Gasteiger partial charge in [-0.2, -0.15) is 0 Å². The highest BCUT2D eigenvalue weighted by molar-refractivity contribution is 9.10. The van der Waals surface area contributed by atoms with Crippen molar-refractivity contribution in [2.75, 3.05) is 24.5 Å². The Kier molecular flexibility index (Phi) is 4.82. The summed E-state index contributed by atoms with van der Waals surface area (Å²) in [6.07, 6.45) is 0.164. The maximum atomic E-state index is 10.9. The van der Waals surface area contributed by atoms with Crippen LogP contribution in [0.25, 0.3) is 0 Å². The highest BCUT2D eigenvalue weighted by atomic mass is 79.9. The molecule has 0 aliphatic carbocycles. The molecule has 4 nitrogen and oxygen atoms in total. The van der Waals surface area contributed by atoms with Gasteiger partial charge in [0.25, 0.3) is 0 Å². The summed E-state index contributed by atoms with van der Waals surface area (Å²) in [5, 5.41) is 12.3. The van der Waals surface area contributed by atoms with E-state index in [0.29, 0.717) is 5.92 Å². The van der Waals surface area contributed by atoms with Gasteiger partial charge in [-0.25, -0.2) is 0 Å². The van der Waals surface area contributed by atoms with Crippen LogP contribution >= 0.6 is 15.9 Å². The van der Waals surface area contributed by atoms with Gasteiger partial charge in [0.15, 0.2) is 0 Å². The number of hydrogen-bond acceptors (Lipinski definition) is 3. The average molecular weight is 327 g/mol. The Hall–Kier alpha value is -1.07. The second-order valence-electron chi connectivity index (χ2n) is 5.19. The van der Waals surface area contributed by atoms with Crippen molar-refractivity contribution in [2.45, 2.75) is 19.4 Å². The van der Waals surface area contributed by atoms with Crippen molar-refractivity contribution in [2.24, 2.45) is 5.92 Å². The van der Waals surface area contributed by atoms with Gasteiger partial charge in [-0.05, 0) is 30.7 Å². The molecule has 104 valence electrons. The number of halogens is 1. The zero-order valence-corrected chi connectivity index (χ0v) is 12.6. The molecule has 1 aliphatic heterocycles. The molecule has 19 heavy (non-hydrogen) atoms. The summed E-state index contributed by atoms with van der Waals surface area (Å²) in [4.78, 5) is 13.2. The van der Waals surface area contributed by atoms with E-state index in [2.05, 4.69) is 45.2 Å². The van der Waals surface area contributed by atoms with Gasteiger partial charge in [-0.3, -0.25) is 4.79 Å². The minimum Gasteiger partial charge on any atom is -0.481 e. The van der Waals surface area contributed by atoms with Crippen molar-refractivity contribution >= 4 is 27.6 Å². The van der Waals surface area contributed by atoms with Crippen LogP contribution in [-0.4, -0.2) is 36.8 Å². The van der Waals surface area contributed by atoms with Gasteiger partial charge in [0, 0.05) is 29.3 Å². The van der Waals surface area contributed by atoms with Gasteiger partial charge in [-0.1, -0.05) is 28.9 Å². The van der Waals surface area contributed by atoms with Crippen LogP contribution in [-0.2, 0) is 4.79 Å². The molecule has 0 saturated carbocycles. The second-order valence-corrected chi connectivity index (χ2v) is 6.11. The summed E-state index contributed by atoms with van der Waals surface area (Å²) in [6, 6.07) is 8.16. The Bertz CT molecular complexity index is 453. The van der Waals surface area contributed by atoms with E-state index in [-0.39, 0.29) is 12.5 Å². The first-order valence-corrected chi connectivity index (χ1v) is 7.29. The number of carbonyl (C=O) groups is 1. The van der Waals surface area contributed by atoms with E-state index >= 15 is 0 Å². The van der Waals surface area contributed by atoms with Crippen LogP contribution in [0.15, 0.2) is 28.7 Å². The van der Waals surface area contributed by atoms with Crippen molar-refractivity contribution in [3.05, 3.63) is 28.7 Å². The number of nitrogens with one attached hydrogen (secondary N) is 1. The molecule has 0 radical (unpaired) electrons. The van der Waals surface area contributed by atoms with Crippen LogP contribution in [0, 0.1) is 5.92 Å². The highest BCUT2D eigenvalue weighted by Crippen LogP contribution is 2.22. The Morgan fingerprint density at radius 2 is 2.32 bits per heavy atom. The van der Waals surface area contributed by atoms with E-state index < -0.39 is 5.97 Å². The van der Waals surface area contributed by atoms with Crippen LogP contribution in [0.2, 0.25) is 0 Å². The first-order chi connectivity index (χ1) is 9.04. The van der Waals surface area contributed by atoms with Crippen LogP contribution in [0.3, 0.4) is 0 Å². The maximum Gasteiger partial charge on any atom is 0.304 e. The number of hydrogen-bond donors (Lipinski definition) is 2. The quantitative estimate of drug-likeness (QED) is 0.895. The third-order valence-electron chi connectivity index (χ3n) is 3.32. The number of benzene rings is 1. The molecule has 2 unspecified atom stereocenters. The lowest BCUT2D eigenvalue weighted by Gasteiger charge is -2.27. The molecule has 5 heteroatoms. The smallest absolute Gasteiger partial charge is 0.304 e. The van der Waals surface area contributed by atoms with E-state index in [1.165, 1.54) is 0 Å². The predicted octanol–water partition coefficient (Wildman–Crippen LogP) is 2.34. The molecule has 1 aliphatic rings. The molecule has 1 fully saturated rings. The van der Waals surface area contributed by atoms with Gasteiger partial charge in [-0.15, -0.1) is 0 Å². The van der Waals surface area contributed by atoms with Gasteiger partial charge in [0.1, 0.15) is 0 Å². The molecule has 1 aromatic carbocycles. The summed E-state index contributed by atoms with van der Waals surface area (Å²) in [7, 11) is 0. The SMILES string of the molecule is CC1CNC(CC(=O)O)CN(c2cccc(Br)c2)C1. The first-order valence-electron chi connectivity index (χ1n) is 6.50. The molecule has 1 aromatic rings. The molecule has 2 rings (SSSR count). The number of anilines is 1. The minimum atomic E-state index is -0.749. The molecule has 0 spiro atoms. The summed E-state index contributed by atoms with van der Waals surface area (Å²) in [6.45, 7) is 4.72. The van der Waals surface area contributed by atoms with E-state index in [9.17, 15) is 4.79 Å². The van der Waals surface area contributed by atoms with Gasteiger partial charge >= 0.3 is 5.97 Å². The van der Waals surface area contributed by atoms with Crippen LogP contribution in [0.1, 0.15) is 13.3 Å². The predicted molar refractivity (Wildman–Crippen MR) is 79.6 cm³/mol. The molecule has 1 saturated heterocycles. The highest BCUT2D eigenvalue weighted by Gasteiger charge is 2.23. The fourth-order valence-corrected chi connectivity index (χ4v) is 2.83. The summed E-state index contributed by atoms with van der Waals surface area (Å²) < 4.78 is 1.05. The van der Waals surface area contributed by atoms with Crippen molar-refractivity contribution in [1.82, 2.24) is 5.32 Å². The number of nitrogens with zero attached hydrogens (tertiary/aromatic N) is 1. The van der Waals surface area contributed by atoms with Gasteiger partial charge in [0.05, 0.1) is 6.42 Å². The lowest BCUT2D eigenvalue weighted by molar-refractivity contribution is -0.137. The normalized spacial score (nSPS) is 24.0. The third kappa shape index (κ3) is 4.21. The van der Waals surface area contributed by atoms with E-state index in [0.717, 1.165) is 29.8 Å². The van der Waals surface area contributed by atoms with E-state index in [1.807, 2.05) is 12.1 Å². The molecule has 2 N–H and O–H groups in total. The zero-order valence-electron chi connectivity index (χ0n) is 11.0. The Morgan fingerprint density at radius 1 is 1.53 bits per heavy atom. The molecular formula is C14H19BrN2O2. The lowest BCUT2D eigenvalue weighted by Crippen LogP contribution is -2.39. The fourth-order valence-electron chi connectivity index (χ4n) is 2.44. The van der Waals surface area contributed by atoms with E-state index in [1.54, 1.807) is 0 Å². The first kappa shape index (κ1) is 14.3. The minimum absolute atomic E-state index is 0.00133. The Balaban J connectivity index is 2.15. The number of carboxylic acid groups (broad SMARTS) is 1. The molecule has 2 atom stereocenters. The second kappa shape index (κ2) is 6.39. The number of rotatable bonds is 3. The topological polar surface area (TPSA) is 52.6 Å². The van der Waals surface area contributed by atoms with Crippen molar-refractivity contribution < 1.29 is 9.90 Å². The van der Waals surface area contributed by atoms with Crippen LogP contribution in [0.4, 0.5) is 5.69 Å². The third-order valence-corrected chi connectivity index (χ3v) is 3.82. The van der Waals surface area contributed by atoms with Crippen LogP contribution < -0.4 is 10.2 Å². The number of aliphatic carboxylic acids is 1. The van der Waals surface area contributed by atoms with Crippen LogP contribution in [0.5, 0.6) is 0 Å². The summed E-state index contributed by atoms with van der Waals surface area (Å²) >= 11 is 3.48. The van der Waals surface area contributed by atoms with Crippen molar-refractivity contribution in [3.8, 4) is 0 Å².